The Morgan fingerprint density at radius 1 is 1.36 bits per heavy atom. The molecule has 7 nitrogen and oxygen atoms in total. The molecule has 0 amide bonds. The number of anilines is 1. The molecule has 1 fully saturated rings. The molecule has 2 aliphatic rings. The molecule has 9 heteroatoms. The third-order valence-electron chi connectivity index (χ3n) is 6.49. The van der Waals surface area contributed by atoms with Gasteiger partial charge in [0.2, 0.25) is 0 Å². The van der Waals surface area contributed by atoms with Gasteiger partial charge in [-0.3, -0.25) is 9.78 Å². The molecular weight excluding hydrogens is 491 g/mol. The van der Waals surface area contributed by atoms with Crippen molar-refractivity contribution >= 4 is 27.7 Å². The van der Waals surface area contributed by atoms with Crippen molar-refractivity contribution in [2.24, 2.45) is 5.92 Å². The molecule has 0 unspecified atom stereocenters. The van der Waals surface area contributed by atoms with E-state index in [4.69, 9.17) is 9.72 Å². The van der Waals surface area contributed by atoms with Crippen LogP contribution in [0.5, 0.6) is 0 Å². The maximum Gasteiger partial charge on any atom is 0.320 e. The molecule has 33 heavy (non-hydrogen) atoms. The lowest BCUT2D eigenvalue weighted by Gasteiger charge is -2.35. The number of rotatable bonds is 11. The number of halogens is 2. The number of nitrogens with zero attached hydrogens (tertiary/aromatic N) is 2. The number of carboxylic acids is 1. The van der Waals surface area contributed by atoms with E-state index in [1.807, 2.05) is 0 Å². The average molecular weight is 521 g/mol. The molecule has 1 aliphatic carbocycles. The lowest BCUT2D eigenvalue weighted by atomic mass is 9.79. The molecule has 178 valence electrons. The molecule has 1 saturated carbocycles. The van der Waals surface area contributed by atoms with Gasteiger partial charge < -0.3 is 20.5 Å². The summed E-state index contributed by atoms with van der Waals surface area (Å²) in [7, 11) is 0. The second-order valence-corrected chi connectivity index (χ2v) is 9.71. The van der Waals surface area contributed by atoms with Crippen LogP contribution >= 0.6 is 15.9 Å². The number of aryl methyl sites for hydroxylation is 2. The van der Waals surface area contributed by atoms with E-state index in [0.29, 0.717) is 29.0 Å². The fraction of sp³-hybridized carbons (Fsp3) is 0.542. The first-order valence-corrected chi connectivity index (χ1v) is 12.4. The monoisotopic (exact) mass is 520 g/mol. The number of hydrogen-bond acceptors (Lipinski definition) is 6. The molecule has 0 radical (unpaired) electrons. The summed E-state index contributed by atoms with van der Waals surface area (Å²) < 4.78 is 20.3. The molecule has 1 aliphatic heterocycles. The van der Waals surface area contributed by atoms with E-state index in [1.54, 1.807) is 0 Å². The van der Waals surface area contributed by atoms with Crippen LogP contribution in [0.2, 0.25) is 0 Å². The highest BCUT2D eigenvalue weighted by Gasteiger charge is 2.30. The third-order valence-corrected chi connectivity index (χ3v) is 7.17. The molecule has 1 atom stereocenters. The number of nitrogens with one attached hydrogen (secondary N) is 2. The van der Waals surface area contributed by atoms with Crippen LogP contribution in [0.15, 0.2) is 29.0 Å². The highest BCUT2D eigenvalue weighted by molar-refractivity contribution is 9.10. The van der Waals surface area contributed by atoms with Gasteiger partial charge in [0, 0.05) is 41.6 Å². The summed E-state index contributed by atoms with van der Waals surface area (Å²) in [6.45, 7) is 1.46. The number of fused-ring (bicyclic) bond motifs is 1. The number of hydrogen-bond donors (Lipinski definition) is 3. The van der Waals surface area contributed by atoms with Crippen LogP contribution in [0.25, 0.3) is 0 Å². The van der Waals surface area contributed by atoms with Crippen LogP contribution in [0, 0.1) is 11.7 Å². The first-order valence-electron chi connectivity index (χ1n) is 11.6. The Morgan fingerprint density at radius 3 is 3.00 bits per heavy atom. The lowest BCUT2D eigenvalue weighted by molar-refractivity contribution is -0.140. The summed E-state index contributed by atoms with van der Waals surface area (Å²) in [6, 6.07) is 3.54. The SMILES string of the molecule is O=C(O)[C@@H](CCOC1CC(CCc2ccc3c(n2)NCCC3)C1)NCc1c(F)cncc1Br. The topological polar surface area (TPSA) is 96.4 Å². The van der Waals surface area contributed by atoms with Gasteiger partial charge >= 0.3 is 5.97 Å². The molecule has 3 heterocycles. The van der Waals surface area contributed by atoms with E-state index in [9.17, 15) is 14.3 Å². The minimum absolute atomic E-state index is 0.101. The van der Waals surface area contributed by atoms with E-state index in [-0.39, 0.29) is 12.6 Å². The van der Waals surface area contributed by atoms with Gasteiger partial charge in [-0.05, 0) is 78.4 Å². The van der Waals surface area contributed by atoms with Crippen molar-refractivity contribution < 1.29 is 19.0 Å². The summed E-state index contributed by atoms with van der Waals surface area (Å²) in [5.74, 6) is 0.234. The predicted octanol–water partition coefficient (Wildman–Crippen LogP) is 4.10. The quantitative estimate of drug-likeness (QED) is 0.410. The number of aromatic nitrogens is 2. The zero-order chi connectivity index (χ0) is 23.2. The zero-order valence-corrected chi connectivity index (χ0v) is 20.1. The van der Waals surface area contributed by atoms with E-state index in [2.05, 4.69) is 43.7 Å². The molecule has 0 saturated heterocycles. The standard InChI is InChI=1S/C24H30BrFN4O3/c25-20-13-27-14-21(26)19(20)12-29-22(24(31)32)7-9-33-18-10-15(11-18)3-5-17-6-4-16-2-1-8-28-23(16)30-17/h4,6,13-15,18,22,29H,1-3,5,7-12H2,(H,28,30)(H,31,32)/t15?,18?,22-/m1/s1. The summed E-state index contributed by atoms with van der Waals surface area (Å²) in [5.41, 5.74) is 2.82. The molecule has 0 bridgehead atoms. The maximum atomic E-state index is 13.9. The Kier molecular flexibility index (Phi) is 8.27. The van der Waals surface area contributed by atoms with Crippen molar-refractivity contribution in [2.45, 2.75) is 63.6 Å². The predicted molar refractivity (Wildman–Crippen MR) is 127 cm³/mol. The van der Waals surface area contributed by atoms with E-state index in [0.717, 1.165) is 56.4 Å². The second-order valence-electron chi connectivity index (χ2n) is 8.85. The van der Waals surface area contributed by atoms with Gasteiger partial charge in [0.15, 0.2) is 0 Å². The van der Waals surface area contributed by atoms with Crippen molar-refractivity contribution in [2.75, 3.05) is 18.5 Å². The number of pyridine rings is 2. The Hall–Kier alpha value is -2.10. The van der Waals surface area contributed by atoms with E-state index < -0.39 is 17.8 Å². The highest BCUT2D eigenvalue weighted by Crippen LogP contribution is 2.34. The zero-order valence-electron chi connectivity index (χ0n) is 18.5. The fourth-order valence-corrected chi connectivity index (χ4v) is 4.85. The van der Waals surface area contributed by atoms with Gasteiger partial charge in [-0.1, -0.05) is 6.07 Å². The molecular formula is C24H30BrFN4O3. The summed E-state index contributed by atoms with van der Waals surface area (Å²) in [5, 5.41) is 15.8. The Balaban J connectivity index is 1.14. The number of carboxylic acid groups (broad SMARTS) is 1. The minimum atomic E-state index is -0.970. The van der Waals surface area contributed by atoms with Crippen molar-refractivity contribution in [3.8, 4) is 0 Å². The Labute approximate surface area is 201 Å². The van der Waals surface area contributed by atoms with Crippen LogP contribution < -0.4 is 10.6 Å². The maximum absolute atomic E-state index is 13.9. The average Bonchev–Trinajstić information content (AvgIpc) is 2.77. The van der Waals surface area contributed by atoms with Crippen molar-refractivity contribution in [1.82, 2.24) is 15.3 Å². The molecule has 3 N–H and O–H groups in total. The van der Waals surface area contributed by atoms with Gasteiger partial charge in [-0.2, -0.15) is 0 Å². The molecule has 2 aromatic heterocycles. The first-order chi connectivity index (χ1) is 16.0. The minimum Gasteiger partial charge on any atom is -0.480 e. The van der Waals surface area contributed by atoms with Crippen LogP contribution in [0.1, 0.15) is 48.9 Å². The van der Waals surface area contributed by atoms with Crippen molar-refractivity contribution in [3.05, 3.63) is 51.6 Å². The van der Waals surface area contributed by atoms with Gasteiger partial charge in [0.05, 0.1) is 12.3 Å². The molecule has 0 aromatic carbocycles. The van der Waals surface area contributed by atoms with Crippen LogP contribution in [-0.4, -0.2) is 46.3 Å². The summed E-state index contributed by atoms with van der Waals surface area (Å²) >= 11 is 3.25. The fourth-order valence-electron chi connectivity index (χ4n) is 4.40. The van der Waals surface area contributed by atoms with Crippen LogP contribution in [0.3, 0.4) is 0 Å². The molecule has 0 spiro atoms. The number of aliphatic carboxylic acids is 1. The largest absolute Gasteiger partial charge is 0.480 e. The smallest absolute Gasteiger partial charge is 0.320 e. The Bertz CT molecular complexity index is 950. The van der Waals surface area contributed by atoms with Gasteiger partial charge in [0.1, 0.15) is 17.7 Å². The van der Waals surface area contributed by atoms with Gasteiger partial charge in [-0.25, -0.2) is 9.37 Å². The van der Waals surface area contributed by atoms with Crippen molar-refractivity contribution in [1.29, 1.82) is 0 Å². The second kappa shape index (κ2) is 11.4. The van der Waals surface area contributed by atoms with Gasteiger partial charge in [0.25, 0.3) is 0 Å². The summed E-state index contributed by atoms with van der Waals surface area (Å²) in [4.78, 5) is 20.1. The lowest BCUT2D eigenvalue weighted by Crippen LogP contribution is -2.39. The highest BCUT2D eigenvalue weighted by atomic mass is 79.9. The van der Waals surface area contributed by atoms with Crippen LogP contribution in [-0.2, 0) is 28.9 Å². The van der Waals surface area contributed by atoms with E-state index in [1.165, 1.54) is 18.2 Å². The normalized spacial score (nSPS) is 20.4. The first kappa shape index (κ1) is 24.0. The Morgan fingerprint density at radius 2 is 2.21 bits per heavy atom. The van der Waals surface area contributed by atoms with E-state index >= 15 is 0 Å². The van der Waals surface area contributed by atoms with Crippen molar-refractivity contribution in [3.63, 3.8) is 0 Å². The van der Waals surface area contributed by atoms with Crippen LogP contribution in [0.4, 0.5) is 10.2 Å². The summed E-state index contributed by atoms with van der Waals surface area (Å²) in [6.07, 6.45) is 9.47. The molecule has 4 rings (SSSR count). The number of ether oxygens (including phenoxy) is 1. The molecule has 2 aromatic rings. The van der Waals surface area contributed by atoms with Gasteiger partial charge in [-0.15, -0.1) is 0 Å². The number of carbonyl (C=O) groups is 1. The third kappa shape index (κ3) is 6.49.